The first-order chi connectivity index (χ1) is 16.1. The van der Waals surface area contributed by atoms with Gasteiger partial charge in [0.2, 0.25) is 5.91 Å². The third-order valence-corrected chi connectivity index (χ3v) is 6.97. The highest BCUT2D eigenvalue weighted by atomic mass is 16.5. The number of fused-ring (bicyclic) bond motifs is 3. The first-order valence-corrected chi connectivity index (χ1v) is 11.9. The molecule has 1 saturated heterocycles. The summed E-state index contributed by atoms with van der Waals surface area (Å²) in [6.45, 7) is 4.49. The van der Waals surface area contributed by atoms with Crippen LogP contribution in [-0.4, -0.2) is 52.7 Å². The quantitative estimate of drug-likeness (QED) is 0.605. The molecule has 0 radical (unpaired) electrons. The fourth-order valence-corrected chi connectivity index (χ4v) is 5.18. The van der Waals surface area contributed by atoms with E-state index in [1.54, 1.807) is 18.3 Å². The Morgan fingerprint density at radius 3 is 2.88 bits per heavy atom. The SMILES string of the molecule is COc1ccc(C)cc1N(C)C(=O)C1CCCN(c2ncnc3c2nc2n3CCCCC2)C1. The Morgan fingerprint density at radius 2 is 2.03 bits per heavy atom. The van der Waals surface area contributed by atoms with Crippen LogP contribution in [0.4, 0.5) is 11.5 Å². The number of carbonyl (C=O) groups excluding carboxylic acids is 1. The number of benzene rings is 1. The number of carbonyl (C=O) groups is 1. The number of methoxy groups -OCH3 is 1. The molecule has 174 valence electrons. The van der Waals surface area contributed by atoms with Gasteiger partial charge >= 0.3 is 0 Å². The first kappa shape index (κ1) is 21.7. The van der Waals surface area contributed by atoms with Gasteiger partial charge in [-0.2, -0.15) is 0 Å². The molecular formula is C25H32N6O2. The molecule has 1 amide bonds. The van der Waals surface area contributed by atoms with E-state index in [1.165, 1.54) is 12.8 Å². The van der Waals surface area contributed by atoms with E-state index in [0.29, 0.717) is 12.3 Å². The number of hydrogen-bond donors (Lipinski definition) is 0. The van der Waals surface area contributed by atoms with E-state index in [4.69, 9.17) is 9.72 Å². The number of imidazole rings is 1. The van der Waals surface area contributed by atoms with Gasteiger partial charge in [-0.15, -0.1) is 0 Å². The number of aromatic nitrogens is 4. The van der Waals surface area contributed by atoms with Crippen molar-refractivity contribution in [3.63, 3.8) is 0 Å². The maximum atomic E-state index is 13.5. The first-order valence-electron chi connectivity index (χ1n) is 11.9. The summed E-state index contributed by atoms with van der Waals surface area (Å²) in [6.07, 6.45) is 7.99. The van der Waals surface area contributed by atoms with Gasteiger partial charge in [0.15, 0.2) is 17.0 Å². The van der Waals surface area contributed by atoms with Gasteiger partial charge in [0.05, 0.1) is 18.7 Å². The third-order valence-electron chi connectivity index (χ3n) is 6.97. The Balaban J connectivity index is 1.41. The second-order valence-corrected chi connectivity index (χ2v) is 9.22. The van der Waals surface area contributed by atoms with E-state index in [1.807, 2.05) is 32.2 Å². The van der Waals surface area contributed by atoms with Gasteiger partial charge in [0.1, 0.15) is 17.9 Å². The summed E-state index contributed by atoms with van der Waals surface area (Å²) in [5.41, 5.74) is 3.70. The third kappa shape index (κ3) is 4.03. The zero-order chi connectivity index (χ0) is 22.9. The topological polar surface area (TPSA) is 76.4 Å². The summed E-state index contributed by atoms with van der Waals surface area (Å²) < 4.78 is 7.78. The highest BCUT2D eigenvalue weighted by molar-refractivity contribution is 5.96. The van der Waals surface area contributed by atoms with E-state index in [0.717, 1.165) is 72.8 Å². The molecule has 8 heteroatoms. The summed E-state index contributed by atoms with van der Waals surface area (Å²) in [6, 6.07) is 5.92. The Kier molecular flexibility index (Phi) is 5.91. The summed E-state index contributed by atoms with van der Waals surface area (Å²) in [5, 5.41) is 0. The van der Waals surface area contributed by atoms with Crippen molar-refractivity contribution in [2.24, 2.45) is 5.92 Å². The van der Waals surface area contributed by atoms with Crippen molar-refractivity contribution >= 4 is 28.6 Å². The number of piperidine rings is 1. The molecule has 1 fully saturated rings. The van der Waals surface area contributed by atoms with E-state index in [-0.39, 0.29) is 11.8 Å². The largest absolute Gasteiger partial charge is 0.495 e. The predicted octanol–water partition coefficient (Wildman–Crippen LogP) is 3.75. The molecule has 0 spiro atoms. The van der Waals surface area contributed by atoms with Crippen LogP contribution < -0.4 is 14.5 Å². The van der Waals surface area contributed by atoms with Crippen LogP contribution in [-0.2, 0) is 17.8 Å². The van der Waals surface area contributed by atoms with Crippen molar-refractivity contribution in [1.29, 1.82) is 0 Å². The zero-order valence-electron chi connectivity index (χ0n) is 19.8. The molecule has 1 atom stereocenters. The van der Waals surface area contributed by atoms with Crippen LogP contribution >= 0.6 is 0 Å². The fourth-order valence-electron chi connectivity index (χ4n) is 5.18. The minimum absolute atomic E-state index is 0.106. The molecule has 2 aliphatic rings. The minimum atomic E-state index is -0.112. The highest BCUT2D eigenvalue weighted by Gasteiger charge is 2.31. The van der Waals surface area contributed by atoms with Crippen LogP contribution in [0.15, 0.2) is 24.5 Å². The summed E-state index contributed by atoms with van der Waals surface area (Å²) >= 11 is 0. The summed E-state index contributed by atoms with van der Waals surface area (Å²) in [4.78, 5) is 31.6. The molecule has 0 aliphatic carbocycles. The van der Waals surface area contributed by atoms with Crippen LogP contribution in [0.25, 0.3) is 11.2 Å². The molecule has 1 unspecified atom stereocenters. The monoisotopic (exact) mass is 448 g/mol. The number of ether oxygens (including phenoxy) is 1. The normalized spacial score (nSPS) is 18.6. The average Bonchev–Trinajstić information content (AvgIpc) is 3.03. The van der Waals surface area contributed by atoms with Crippen LogP contribution in [0.1, 0.15) is 43.5 Å². The Labute approximate surface area is 194 Å². The van der Waals surface area contributed by atoms with Gasteiger partial charge in [0.25, 0.3) is 0 Å². The standard InChI is InChI=1S/C25H32N6O2/c1-17-10-11-20(33-3)19(14-17)29(2)25(32)18-8-7-12-30(15-18)23-22-24(27-16-26-23)31-13-6-4-5-9-21(31)28-22/h10-11,14,16,18H,4-9,12-13,15H2,1-3H3. The van der Waals surface area contributed by atoms with Crippen LogP contribution in [0.5, 0.6) is 5.75 Å². The van der Waals surface area contributed by atoms with Gasteiger partial charge in [0, 0.05) is 33.1 Å². The summed E-state index contributed by atoms with van der Waals surface area (Å²) in [7, 11) is 3.48. The number of anilines is 2. The molecule has 33 heavy (non-hydrogen) atoms. The van der Waals surface area contributed by atoms with E-state index in [9.17, 15) is 4.79 Å². The van der Waals surface area contributed by atoms with Crippen molar-refractivity contribution in [1.82, 2.24) is 19.5 Å². The number of amides is 1. The lowest BCUT2D eigenvalue weighted by Crippen LogP contribution is -2.44. The number of nitrogens with zero attached hydrogens (tertiary/aromatic N) is 6. The molecular weight excluding hydrogens is 416 g/mol. The molecule has 5 rings (SSSR count). The number of aryl methyl sites for hydroxylation is 3. The molecule has 2 aromatic heterocycles. The average molecular weight is 449 g/mol. The number of hydrogen-bond acceptors (Lipinski definition) is 6. The van der Waals surface area contributed by atoms with Crippen LogP contribution in [0.2, 0.25) is 0 Å². The number of rotatable bonds is 4. The zero-order valence-corrected chi connectivity index (χ0v) is 19.8. The van der Waals surface area contributed by atoms with E-state index < -0.39 is 0 Å². The molecule has 0 saturated carbocycles. The minimum Gasteiger partial charge on any atom is -0.495 e. The maximum Gasteiger partial charge on any atom is 0.231 e. The maximum absolute atomic E-state index is 13.5. The lowest BCUT2D eigenvalue weighted by atomic mass is 9.96. The molecule has 8 nitrogen and oxygen atoms in total. The van der Waals surface area contributed by atoms with Gasteiger partial charge in [-0.1, -0.05) is 12.5 Å². The lowest BCUT2D eigenvalue weighted by Gasteiger charge is -2.35. The Bertz CT molecular complexity index is 1170. The second kappa shape index (κ2) is 9.00. The Hall–Kier alpha value is -3.16. The van der Waals surface area contributed by atoms with Crippen LogP contribution in [0, 0.1) is 12.8 Å². The smallest absolute Gasteiger partial charge is 0.231 e. The molecule has 3 aromatic rings. The van der Waals surface area contributed by atoms with Gasteiger partial charge in [-0.05, 0) is 50.3 Å². The van der Waals surface area contributed by atoms with Gasteiger partial charge < -0.3 is 19.1 Å². The van der Waals surface area contributed by atoms with Crippen molar-refractivity contribution in [2.45, 2.75) is 52.0 Å². The fraction of sp³-hybridized carbons (Fsp3) is 0.520. The van der Waals surface area contributed by atoms with Crippen molar-refractivity contribution < 1.29 is 9.53 Å². The lowest BCUT2D eigenvalue weighted by molar-refractivity contribution is -0.122. The van der Waals surface area contributed by atoms with E-state index in [2.05, 4.69) is 19.4 Å². The van der Waals surface area contributed by atoms with Crippen LogP contribution in [0.3, 0.4) is 0 Å². The van der Waals surface area contributed by atoms with Gasteiger partial charge in [-0.25, -0.2) is 15.0 Å². The molecule has 2 aliphatic heterocycles. The van der Waals surface area contributed by atoms with Crippen molar-refractivity contribution in [3.05, 3.63) is 35.9 Å². The second-order valence-electron chi connectivity index (χ2n) is 9.22. The molecule has 1 aromatic carbocycles. The van der Waals surface area contributed by atoms with Gasteiger partial charge in [-0.3, -0.25) is 4.79 Å². The Morgan fingerprint density at radius 1 is 1.15 bits per heavy atom. The predicted molar refractivity (Wildman–Crippen MR) is 129 cm³/mol. The van der Waals surface area contributed by atoms with Crippen molar-refractivity contribution in [3.8, 4) is 5.75 Å². The molecule has 4 heterocycles. The molecule has 0 N–H and O–H groups in total. The van der Waals surface area contributed by atoms with Crippen molar-refractivity contribution in [2.75, 3.05) is 37.0 Å². The summed E-state index contributed by atoms with van der Waals surface area (Å²) in [5.74, 6) is 2.67. The van der Waals surface area contributed by atoms with E-state index >= 15 is 0 Å². The molecule has 0 bridgehead atoms. The highest BCUT2D eigenvalue weighted by Crippen LogP contribution is 2.33.